The predicted molar refractivity (Wildman–Crippen MR) is 119 cm³/mol. The molecular weight excluding hydrogens is 398 g/mol. The van der Waals surface area contributed by atoms with Gasteiger partial charge in [0.25, 0.3) is 5.91 Å². The van der Waals surface area contributed by atoms with Crippen LogP contribution in [-0.2, 0) is 11.3 Å². The van der Waals surface area contributed by atoms with Crippen molar-refractivity contribution < 1.29 is 9.53 Å². The molecular formula is C22H29N5O2S. The van der Waals surface area contributed by atoms with Gasteiger partial charge in [0.05, 0.1) is 18.4 Å². The first-order valence-electron chi connectivity index (χ1n) is 10.4. The number of amides is 1. The van der Waals surface area contributed by atoms with Gasteiger partial charge < -0.3 is 10.1 Å². The van der Waals surface area contributed by atoms with Crippen LogP contribution in [-0.4, -0.2) is 52.3 Å². The molecule has 30 heavy (non-hydrogen) atoms. The number of nitrogens with zero attached hydrogens (tertiary/aromatic N) is 4. The molecule has 3 aromatic heterocycles. The summed E-state index contributed by atoms with van der Waals surface area (Å²) in [6.07, 6.45) is 1.60. The Balaban J connectivity index is 1.63. The molecule has 1 saturated heterocycles. The second-order valence-corrected chi connectivity index (χ2v) is 9.06. The predicted octanol–water partition coefficient (Wildman–Crippen LogP) is 3.62. The molecule has 1 N–H and O–H groups in total. The minimum Gasteiger partial charge on any atom is -0.371 e. The molecule has 1 atom stereocenters. The van der Waals surface area contributed by atoms with Gasteiger partial charge in [-0.3, -0.25) is 14.4 Å². The smallest absolute Gasteiger partial charge is 0.261 e. The highest BCUT2D eigenvalue weighted by Crippen LogP contribution is 2.37. The van der Waals surface area contributed by atoms with Crippen LogP contribution in [0, 0.1) is 13.8 Å². The van der Waals surface area contributed by atoms with Crippen molar-refractivity contribution in [1.82, 2.24) is 25.0 Å². The van der Waals surface area contributed by atoms with E-state index in [0.717, 1.165) is 41.1 Å². The van der Waals surface area contributed by atoms with Gasteiger partial charge in [0.1, 0.15) is 9.71 Å². The van der Waals surface area contributed by atoms with Gasteiger partial charge in [0.2, 0.25) is 0 Å². The number of fused-ring (bicyclic) bond motifs is 1. The lowest BCUT2D eigenvalue weighted by atomic mass is 10.0. The number of hydrogen-bond acceptors (Lipinski definition) is 6. The number of aryl methyl sites for hydroxylation is 1. The fourth-order valence-corrected chi connectivity index (χ4v) is 5.37. The van der Waals surface area contributed by atoms with Gasteiger partial charge in [-0.05, 0) is 33.8 Å². The lowest BCUT2D eigenvalue weighted by Gasteiger charge is -2.33. The maximum Gasteiger partial charge on any atom is 0.261 e. The van der Waals surface area contributed by atoms with Crippen molar-refractivity contribution in [3.8, 4) is 0 Å². The van der Waals surface area contributed by atoms with Crippen LogP contribution in [0.3, 0.4) is 0 Å². The molecule has 1 fully saturated rings. The molecule has 0 bridgehead atoms. The van der Waals surface area contributed by atoms with E-state index in [1.165, 1.54) is 22.6 Å². The Bertz CT molecular complexity index is 1070. The highest BCUT2D eigenvalue weighted by molar-refractivity contribution is 7.20. The van der Waals surface area contributed by atoms with Crippen molar-refractivity contribution in [1.29, 1.82) is 0 Å². The fourth-order valence-electron chi connectivity index (χ4n) is 4.23. The lowest BCUT2D eigenvalue weighted by Crippen LogP contribution is -2.38. The molecule has 160 valence electrons. The van der Waals surface area contributed by atoms with Gasteiger partial charge in [0.15, 0.2) is 0 Å². The van der Waals surface area contributed by atoms with E-state index in [1.807, 2.05) is 12.1 Å². The Labute approximate surface area is 181 Å². The van der Waals surface area contributed by atoms with Crippen LogP contribution in [0.15, 0.2) is 18.3 Å². The number of nitrogens with one attached hydrogen (secondary N) is 1. The van der Waals surface area contributed by atoms with Crippen molar-refractivity contribution in [3.63, 3.8) is 0 Å². The molecule has 7 nitrogen and oxygen atoms in total. The third-order valence-corrected chi connectivity index (χ3v) is 6.88. The topological polar surface area (TPSA) is 72.3 Å². The van der Waals surface area contributed by atoms with Crippen LogP contribution in [0.25, 0.3) is 10.2 Å². The zero-order valence-corrected chi connectivity index (χ0v) is 19.0. The number of hydrogen-bond donors (Lipinski definition) is 1. The molecule has 3 aromatic rings. The summed E-state index contributed by atoms with van der Waals surface area (Å²) in [6.45, 7) is 11.6. The van der Waals surface area contributed by atoms with Crippen LogP contribution in [0.4, 0.5) is 0 Å². The fraction of sp³-hybridized carbons (Fsp3) is 0.500. The molecule has 0 saturated carbocycles. The summed E-state index contributed by atoms with van der Waals surface area (Å²) < 4.78 is 8.28. The van der Waals surface area contributed by atoms with E-state index in [4.69, 9.17) is 9.84 Å². The van der Waals surface area contributed by atoms with E-state index in [0.29, 0.717) is 17.5 Å². The Hall–Kier alpha value is -2.29. The van der Waals surface area contributed by atoms with E-state index in [1.54, 1.807) is 13.2 Å². The van der Waals surface area contributed by atoms with Gasteiger partial charge in [-0.15, -0.1) is 11.3 Å². The Morgan fingerprint density at radius 2 is 2.20 bits per heavy atom. The standard InChI is InChI=1S/C22H29N5O2S/c1-13(2)27-15(4)17(14(3)25-27)11-26-9-10-29-18(12-26)19-16-7-6-8-24-22(16)30-20(19)21(28)23-5/h6-8,13,18H,9-12H2,1-5H3,(H,23,28)/t18-/m0/s1. The average molecular weight is 428 g/mol. The molecule has 1 aliphatic rings. The van der Waals surface area contributed by atoms with Gasteiger partial charge in [-0.2, -0.15) is 5.10 Å². The van der Waals surface area contributed by atoms with Gasteiger partial charge in [-0.25, -0.2) is 4.98 Å². The van der Waals surface area contributed by atoms with E-state index >= 15 is 0 Å². The largest absolute Gasteiger partial charge is 0.371 e. The molecule has 4 heterocycles. The molecule has 0 aliphatic carbocycles. The highest BCUT2D eigenvalue weighted by Gasteiger charge is 2.30. The number of morpholine rings is 1. The van der Waals surface area contributed by atoms with Gasteiger partial charge in [-0.1, -0.05) is 6.07 Å². The summed E-state index contributed by atoms with van der Waals surface area (Å²) in [6, 6.07) is 4.29. The van der Waals surface area contributed by atoms with Crippen LogP contribution in [0.1, 0.15) is 58.2 Å². The maximum atomic E-state index is 12.6. The Morgan fingerprint density at radius 3 is 2.90 bits per heavy atom. The van der Waals surface area contributed by atoms with Crippen LogP contribution in [0.5, 0.6) is 0 Å². The van der Waals surface area contributed by atoms with Crippen molar-refractivity contribution in [2.75, 3.05) is 26.7 Å². The summed E-state index contributed by atoms with van der Waals surface area (Å²) in [5.41, 5.74) is 4.55. The van der Waals surface area contributed by atoms with E-state index in [9.17, 15) is 4.79 Å². The van der Waals surface area contributed by atoms with Crippen molar-refractivity contribution in [2.45, 2.75) is 46.4 Å². The normalized spacial score (nSPS) is 17.7. The maximum absolute atomic E-state index is 12.6. The van der Waals surface area contributed by atoms with E-state index in [-0.39, 0.29) is 12.0 Å². The van der Waals surface area contributed by atoms with Crippen molar-refractivity contribution in [3.05, 3.63) is 45.7 Å². The zero-order chi connectivity index (χ0) is 21.4. The third-order valence-electron chi connectivity index (χ3n) is 5.76. The molecule has 4 rings (SSSR count). The van der Waals surface area contributed by atoms with Crippen LogP contribution >= 0.6 is 11.3 Å². The molecule has 0 spiro atoms. The van der Waals surface area contributed by atoms with Crippen LogP contribution < -0.4 is 5.32 Å². The monoisotopic (exact) mass is 427 g/mol. The van der Waals surface area contributed by atoms with Gasteiger partial charge in [0, 0.05) is 61.1 Å². The summed E-state index contributed by atoms with van der Waals surface area (Å²) >= 11 is 1.43. The number of thiophene rings is 1. The molecule has 0 aromatic carbocycles. The number of aromatic nitrogens is 3. The Morgan fingerprint density at radius 1 is 1.40 bits per heavy atom. The van der Waals surface area contributed by atoms with Crippen molar-refractivity contribution in [2.24, 2.45) is 0 Å². The molecule has 1 aliphatic heterocycles. The average Bonchev–Trinajstić information content (AvgIpc) is 3.26. The second kappa shape index (κ2) is 8.45. The zero-order valence-electron chi connectivity index (χ0n) is 18.2. The highest BCUT2D eigenvalue weighted by atomic mass is 32.1. The van der Waals surface area contributed by atoms with Gasteiger partial charge >= 0.3 is 0 Å². The second-order valence-electron chi connectivity index (χ2n) is 8.06. The third kappa shape index (κ3) is 3.75. The summed E-state index contributed by atoms with van der Waals surface area (Å²) in [4.78, 5) is 21.0. The molecule has 1 amide bonds. The number of pyridine rings is 1. The molecule has 0 radical (unpaired) electrons. The quantitative estimate of drug-likeness (QED) is 0.673. The number of carbonyl (C=O) groups is 1. The number of rotatable bonds is 5. The first-order chi connectivity index (χ1) is 14.4. The summed E-state index contributed by atoms with van der Waals surface area (Å²) in [7, 11) is 1.66. The Kier molecular flexibility index (Phi) is 5.90. The van der Waals surface area contributed by atoms with Crippen molar-refractivity contribution >= 4 is 27.5 Å². The summed E-state index contributed by atoms with van der Waals surface area (Å²) in [5.74, 6) is -0.0846. The number of carbonyl (C=O) groups excluding carboxylic acids is 1. The number of ether oxygens (including phenoxy) is 1. The summed E-state index contributed by atoms with van der Waals surface area (Å²) in [5, 5.41) is 8.50. The van der Waals surface area contributed by atoms with E-state index in [2.05, 4.69) is 47.6 Å². The molecule has 8 heteroatoms. The molecule has 0 unspecified atom stereocenters. The first-order valence-corrected chi connectivity index (χ1v) is 11.2. The van der Waals surface area contributed by atoms with Crippen LogP contribution in [0.2, 0.25) is 0 Å². The minimum atomic E-state index is -0.162. The SMILES string of the molecule is CNC(=O)c1sc2ncccc2c1[C@@H]1CN(Cc2c(C)nn(C(C)C)c2C)CCO1. The minimum absolute atomic E-state index is 0.0846. The first kappa shape index (κ1) is 21.0. The lowest BCUT2D eigenvalue weighted by molar-refractivity contribution is -0.0324. The van der Waals surface area contributed by atoms with E-state index < -0.39 is 0 Å².